The molecule has 3 fully saturated rings. The zero-order valence-electron chi connectivity index (χ0n) is 13.7. The lowest BCUT2D eigenvalue weighted by Gasteiger charge is -2.38. The zero-order valence-corrected chi connectivity index (χ0v) is 13.7. The van der Waals surface area contributed by atoms with Gasteiger partial charge in [0.25, 0.3) is 0 Å². The van der Waals surface area contributed by atoms with E-state index in [1.807, 2.05) is 4.90 Å². The van der Waals surface area contributed by atoms with E-state index in [1.165, 1.54) is 25.7 Å². The fourth-order valence-corrected chi connectivity index (χ4v) is 4.34. The zero-order chi connectivity index (χ0) is 15.4. The number of piperidine rings is 2. The molecule has 2 amide bonds. The Kier molecular flexibility index (Phi) is 5.58. The van der Waals surface area contributed by atoms with Crippen molar-refractivity contribution in [1.82, 2.24) is 15.1 Å². The lowest BCUT2D eigenvalue weighted by atomic mass is 9.99. The first-order valence-electron chi connectivity index (χ1n) is 9.16. The van der Waals surface area contributed by atoms with Crippen LogP contribution in [0.5, 0.6) is 0 Å². The minimum atomic E-state index is 0.0810. The number of aliphatic hydroxyl groups excluding tert-OH is 1. The number of carbonyl (C=O) groups is 1. The monoisotopic (exact) mass is 309 g/mol. The van der Waals surface area contributed by atoms with E-state index in [0.717, 1.165) is 51.4 Å². The molecule has 22 heavy (non-hydrogen) atoms. The topological polar surface area (TPSA) is 55.8 Å². The van der Waals surface area contributed by atoms with Gasteiger partial charge in [0.2, 0.25) is 0 Å². The molecule has 126 valence electrons. The van der Waals surface area contributed by atoms with Gasteiger partial charge in [-0.05, 0) is 44.4 Å². The predicted octanol–water partition coefficient (Wildman–Crippen LogP) is 1.81. The first kappa shape index (κ1) is 16.1. The summed E-state index contributed by atoms with van der Waals surface area (Å²) < 4.78 is 0. The van der Waals surface area contributed by atoms with Crippen molar-refractivity contribution in [2.75, 3.05) is 32.8 Å². The van der Waals surface area contributed by atoms with Gasteiger partial charge < -0.3 is 20.2 Å². The van der Waals surface area contributed by atoms with Crippen molar-refractivity contribution < 1.29 is 9.90 Å². The Morgan fingerprint density at radius 1 is 1.00 bits per heavy atom. The highest BCUT2D eigenvalue weighted by Gasteiger charge is 2.29. The molecular weight excluding hydrogens is 278 g/mol. The molecular formula is C17H31N3O2. The summed E-state index contributed by atoms with van der Waals surface area (Å²) in [6.45, 7) is 4.01. The molecule has 0 spiro atoms. The lowest BCUT2D eigenvalue weighted by Crippen LogP contribution is -2.52. The number of amides is 2. The second-order valence-electron chi connectivity index (χ2n) is 7.33. The summed E-state index contributed by atoms with van der Waals surface area (Å²) in [6, 6.07) is 1.22. The van der Waals surface area contributed by atoms with E-state index in [1.54, 1.807) is 0 Å². The highest BCUT2D eigenvalue weighted by molar-refractivity contribution is 5.74. The van der Waals surface area contributed by atoms with E-state index in [0.29, 0.717) is 12.6 Å². The number of hydrogen-bond donors (Lipinski definition) is 2. The maximum absolute atomic E-state index is 12.4. The van der Waals surface area contributed by atoms with E-state index < -0.39 is 0 Å². The van der Waals surface area contributed by atoms with Crippen LogP contribution in [0.4, 0.5) is 4.79 Å². The molecule has 2 saturated heterocycles. The average molecular weight is 309 g/mol. The molecule has 3 rings (SSSR count). The van der Waals surface area contributed by atoms with Crippen LogP contribution in [0.3, 0.4) is 0 Å². The smallest absolute Gasteiger partial charge is 0.317 e. The van der Waals surface area contributed by atoms with Gasteiger partial charge in [0, 0.05) is 44.9 Å². The lowest BCUT2D eigenvalue weighted by molar-refractivity contribution is 0.118. The molecule has 1 unspecified atom stereocenters. The van der Waals surface area contributed by atoms with Crippen LogP contribution in [0.1, 0.15) is 51.4 Å². The Labute approximate surface area is 134 Å². The average Bonchev–Trinajstić information content (AvgIpc) is 3.10. The molecule has 0 bridgehead atoms. The van der Waals surface area contributed by atoms with E-state index >= 15 is 0 Å². The summed E-state index contributed by atoms with van der Waals surface area (Å²) in [7, 11) is 0. The van der Waals surface area contributed by atoms with Crippen molar-refractivity contribution >= 4 is 6.03 Å². The molecule has 1 saturated carbocycles. The number of nitrogens with zero attached hydrogens (tertiary/aromatic N) is 2. The third kappa shape index (κ3) is 3.93. The molecule has 0 aromatic carbocycles. The number of rotatable bonds is 3. The molecule has 0 aromatic heterocycles. The van der Waals surface area contributed by atoms with Gasteiger partial charge in [-0.25, -0.2) is 4.79 Å². The third-order valence-electron chi connectivity index (χ3n) is 5.76. The standard InChI is InChI=1S/C17H31N3O2/c21-13-14-4-3-9-20(12-14)17(22)18-15-7-10-19(11-8-15)16-5-1-2-6-16/h14-16,21H,1-13H2,(H,18,22). The van der Waals surface area contributed by atoms with Crippen LogP contribution < -0.4 is 5.32 Å². The van der Waals surface area contributed by atoms with Crippen LogP contribution in [-0.4, -0.2) is 65.8 Å². The quantitative estimate of drug-likeness (QED) is 0.836. The van der Waals surface area contributed by atoms with E-state index in [-0.39, 0.29) is 18.6 Å². The second kappa shape index (κ2) is 7.64. The van der Waals surface area contributed by atoms with Gasteiger partial charge in [-0.15, -0.1) is 0 Å². The number of nitrogens with one attached hydrogen (secondary N) is 1. The molecule has 3 aliphatic rings. The van der Waals surface area contributed by atoms with Crippen LogP contribution in [0.15, 0.2) is 0 Å². The normalized spacial score (nSPS) is 29.0. The van der Waals surface area contributed by atoms with Crippen LogP contribution in [0.25, 0.3) is 0 Å². The van der Waals surface area contributed by atoms with Crippen LogP contribution in [0, 0.1) is 5.92 Å². The molecule has 2 N–H and O–H groups in total. The minimum Gasteiger partial charge on any atom is -0.396 e. The Hall–Kier alpha value is -0.810. The fourth-order valence-electron chi connectivity index (χ4n) is 4.34. The van der Waals surface area contributed by atoms with Gasteiger partial charge >= 0.3 is 6.03 Å². The SMILES string of the molecule is O=C(NC1CCN(C2CCCC2)CC1)N1CCCC(CO)C1. The number of carbonyl (C=O) groups excluding carboxylic acids is 1. The van der Waals surface area contributed by atoms with Crippen molar-refractivity contribution in [3.05, 3.63) is 0 Å². The fraction of sp³-hybridized carbons (Fsp3) is 0.941. The summed E-state index contributed by atoms with van der Waals surface area (Å²) in [5.74, 6) is 0.267. The maximum atomic E-state index is 12.4. The predicted molar refractivity (Wildman–Crippen MR) is 86.8 cm³/mol. The van der Waals surface area contributed by atoms with Crippen molar-refractivity contribution in [2.24, 2.45) is 5.92 Å². The van der Waals surface area contributed by atoms with Gasteiger partial charge in [0.1, 0.15) is 0 Å². The number of hydrogen-bond acceptors (Lipinski definition) is 3. The Bertz CT molecular complexity index is 363. The van der Waals surface area contributed by atoms with Crippen LogP contribution >= 0.6 is 0 Å². The third-order valence-corrected chi connectivity index (χ3v) is 5.76. The molecule has 2 heterocycles. The second-order valence-corrected chi connectivity index (χ2v) is 7.33. The van der Waals surface area contributed by atoms with Gasteiger partial charge in [-0.3, -0.25) is 0 Å². The first-order chi connectivity index (χ1) is 10.8. The maximum Gasteiger partial charge on any atom is 0.317 e. The largest absolute Gasteiger partial charge is 0.396 e. The highest BCUT2D eigenvalue weighted by Crippen LogP contribution is 2.26. The molecule has 5 heteroatoms. The summed E-state index contributed by atoms with van der Waals surface area (Å²) in [5.41, 5.74) is 0. The Morgan fingerprint density at radius 2 is 1.73 bits per heavy atom. The van der Waals surface area contributed by atoms with E-state index in [9.17, 15) is 9.90 Å². The minimum absolute atomic E-state index is 0.0810. The molecule has 0 aromatic rings. The summed E-state index contributed by atoms with van der Waals surface area (Å²) >= 11 is 0. The van der Waals surface area contributed by atoms with Gasteiger partial charge in [0.05, 0.1) is 0 Å². The summed E-state index contributed by atoms with van der Waals surface area (Å²) in [5, 5.41) is 12.5. The van der Waals surface area contributed by atoms with Gasteiger partial charge in [-0.2, -0.15) is 0 Å². The highest BCUT2D eigenvalue weighted by atomic mass is 16.3. The molecule has 5 nitrogen and oxygen atoms in total. The number of urea groups is 1. The molecule has 0 radical (unpaired) electrons. The van der Waals surface area contributed by atoms with Crippen molar-refractivity contribution in [3.8, 4) is 0 Å². The van der Waals surface area contributed by atoms with Gasteiger partial charge in [-0.1, -0.05) is 12.8 Å². The number of likely N-dealkylation sites (tertiary alicyclic amines) is 2. The molecule has 2 aliphatic heterocycles. The number of aliphatic hydroxyl groups is 1. The Morgan fingerprint density at radius 3 is 2.41 bits per heavy atom. The van der Waals surface area contributed by atoms with E-state index in [2.05, 4.69) is 10.2 Å². The van der Waals surface area contributed by atoms with E-state index in [4.69, 9.17) is 0 Å². The van der Waals surface area contributed by atoms with Crippen molar-refractivity contribution in [2.45, 2.75) is 63.5 Å². The van der Waals surface area contributed by atoms with Crippen molar-refractivity contribution in [1.29, 1.82) is 0 Å². The van der Waals surface area contributed by atoms with Crippen LogP contribution in [-0.2, 0) is 0 Å². The Balaban J connectivity index is 1.41. The summed E-state index contributed by atoms with van der Waals surface area (Å²) in [4.78, 5) is 16.9. The van der Waals surface area contributed by atoms with Crippen LogP contribution in [0.2, 0.25) is 0 Å². The molecule has 1 aliphatic carbocycles. The summed E-state index contributed by atoms with van der Waals surface area (Å²) in [6.07, 6.45) is 9.74. The van der Waals surface area contributed by atoms with Crippen molar-refractivity contribution in [3.63, 3.8) is 0 Å². The van der Waals surface area contributed by atoms with Gasteiger partial charge in [0.15, 0.2) is 0 Å². The first-order valence-corrected chi connectivity index (χ1v) is 9.16. The molecule has 1 atom stereocenters.